The molecule has 2 fully saturated rings. The Morgan fingerprint density at radius 3 is 2.57 bits per heavy atom. The maximum Gasteiger partial charge on any atom is 0.274 e. The summed E-state index contributed by atoms with van der Waals surface area (Å²) in [5, 5.41) is 8.10. The first kappa shape index (κ1) is 20.9. The normalized spacial score (nSPS) is 20.4. The van der Waals surface area contributed by atoms with Crippen LogP contribution in [0.15, 0.2) is 42.6 Å². The van der Waals surface area contributed by atoms with Crippen LogP contribution in [0.4, 0.5) is 0 Å². The summed E-state index contributed by atoms with van der Waals surface area (Å²) >= 11 is 0. The van der Waals surface area contributed by atoms with Crippen molar-refractivity contribution in [3.05, 3.63) is 53.9 Å². The number of hydrogen-bond acceptors (Lipinski definition) is 3. The summed E-state index contributed by atoms with van der Waals surface area (Å²) in [7, 11) is 0. The number of amides is 1. The van der Waals surface area contributed by atoms with Gasteiger partial charge in [-0.3, -0.25) is 9.48 Å². The highest BCUT2D eigenvalue weighted by molar-refractivity contribution is 5.92. The van der Waals surface area contributed by atoms with Crippen molar-refractivity contribution in [3.63, 3.8) is 0 Å². The number of nitrogens with one attached hydrogen (secondary N) is 1. The van der Waals surface area contributed by atoms with Gasteiger partial charge in [0.15, 0.2) is 0 Å². The van der Waals surface area contributed by atoms with Crippen LogP contribution in [0.25, 0.3) is 0 Å². The van der Waals surface area contributed by atoms with Gasteiger partial charge in [0.2, 0.25) is 0 Å². The predicted molar refractivity (Wildman–Crippen MR) is 114 cm³/mol. The molecule has 5 nitrogen and oxygen atoms in total. The number of carbonyl (C=O) groups is 1. The first-order valence-corrected chi connectivity index (χ1v) is 10.4. The molecule has 28 heavy (non-hydrogen) atoms. The summed E-state index contributed by atoms with van der Waals surface area (Å²) in [6, 6.07) is 12.9. The molecule has 0 bridgehead atoms. The number of nitrogens with zero attached hydrogens (tertiary/aromatic N) is 3. The van der Waals surface area contributed by atoms with E-state index in [0.717, 1.165) is 38.8 Å². The maximum atomic E-state index is 13.4. The molecular weight excluding hydrogens is 372 g/mol. The lowest BCUT2D eigenvalue weighted by molar-refractivity contribution is 0.0606. The zero-order chi connectivity index (χ0) is 18.5. The second-order valence-corrected chi connectivity index (χ2v) is 7.89. The van der Waals surface area contributed by atoms with E-state index >= 15 is 0 Å². The summed E-state index contributed by atoms with van der Waals surface area (Å²) in [5.74, 6) is 0.0771. The van der Waals surface area contributed by atoms with Crippen molar-refractivity contribution in [2.24, 2.45) is 0 Å². The Morgan fingerprint density at radius 2 is 1.86 bits per heavy atom. The number of halogens is 1. The molecule has 2 aromatic rings. The second-order valence-electron chi connectivity index (χ2n) is 7.89. The van der Waals surface area contributed by atoms with Crippen LogP contribution in [0.5, 0.6) is 0 Å². The third-order valence-electron chi connectivity index (χ3n) is 5.94. The van der Waals surface area contributed by atoms with Crippen molar-refractivity contribution in [1.29, 1.82) is 0 Å². The molecule has 1 aliphatic carbocycles. The number of carbonyl (C=O) groups excluding carboxylic acids is 1. The van der Waals surface area contributed by atoms with Crippen LogP contribution in [0.3, 0.4) is 0 Å². The predicted octanol–water partition coefficient (Wildman–Crippen LogP) is 4.20. The van der Waals surface area contributed by atoms with Crippen molar-refractivity contribution in [2.75, 3.05) is 13.1 Å². The SMILES string of the molecule is Cl.O=C(c1ccn(C2CCCNC2)n1)N(Cc1ccccc1)C1CCCCC1. The van der Waals surface area contributed by atoms with Crippen LogP contribution in [-0.4, -0.2) is 39.7 Å². The van der Waals surface area contributed by atoms with Crippen LogP contribution in [0, 0.1) is 0 Å². The Balaban J connectivity index is 0.00000225. The Hall–Kier alpha value is -1.85. The van der Waals surface area contributed by atoms with Crippen molar-refractivity contribution >= 4 is 18.3 Å². The minimum atomic E-state index is 0. The zero-order valence-electron chi connectivity index (χ0n) is 16.4. The highest BCUT2D eigenvalue weighted by Gasteiger charge is 2.28. The Labute approximate surface area is 173 Å². The van der Waals surface area contributed by atoms with Crippen molar-refractivity contribution < 1.29 is 4.79 Å². The quantitative estimate of drug-likeness (QED) is 0.815. The molecule has 1 saturated carbocycles. The summed E-state index contributed by atoms with van der Waals surface area (Å²) < 4.78 is 1.99. The Kier molecular flexibility index (Phi) is 7.51. The smallest absolute Gasteiger partial charge is 0.274 e. The second kappa shape index (κ2) is 10.1. The van der Waals surface area contributed by atoms with Crippen molar-refractivity contribution in [3.8, 4) is 0 Å². The lowest BCUT2D eigenvalue weighted by Gasteiger charge is -2.34. The van der Waals surface area contributed by atoms with Crippen LogP contribution in [-0.2, 0) is 6.54 Å². The molecule has 1 saturated heterocycles. The molecule has 1 unspecified atom stereocenters. The van der Waals surface area contributed by atoms with E-state index in [0.29, 0.717) is 24.3 Å². The number of piperidine rings is 1. The third-order valence-corrected chi connectivity index (χ3v) is 5.94. The summed E-state index contributed by atoms with van der Waals surface area (Å²) in [4.78, 5) is 15.4. The molecule has 1 amide bonds. The maximum absolute atomic E-state index is 13.4. The van der Waals surface area contributed by atoms with E-state index in [9.17, 15) is 4.79 Å². The van der Waals surface area contributed by atoms with Crippen LogP contribution >= 0.6 is 12.4 Å². The van der Waals surface area contributed by atoms with Gasteiger partial charge in [0.05, 0.1) is 6.04 Å². The third kappa shape index (κ3) is 4.95. The van der Waals surface area contributed by atoms with Crippen molar-refractivity contribution in [1.82, 2.24) is 20.0 Å². The zero-order valence-corrected chi connectivity index (χ0v) is 17.2. The van der Waals surface area contributed by atoms with E-state index in [-0.39, 0.29) is 18.3 Å². The minimum absolute atomic E-state index is 0. The molecule has 4 rings (SSSR count). The first-order chi connectivity index (χ1) is 13.3. The fourth-order valence-corrected chi connectivity index (χ4v) is 4.40. The molecule has 1 aliphatic heterocycles. The van der Waals surface area contributed by atoms with E-state index in [2.05, 4.69) is 27.4 Å². The van der Waals surface area contributed by atoms with Gasteiger partial charge < -0.3 is 10.2 Å². The lowest BCUT2D eigenvalue weighted by atomic mass is 9.93. The van der Waals surface area contributed by atoms with Crippen LogP contribution in [0.2, 0.25) is 0 Å². The average Bonchev–Trinajstić information content (AvgIpc) is 3.24. The highest BCUT2D eigenvalue weighted by Crippen LogP contribution is 2.26. The van der Waals surface area contributed by atoms with Gasteiger partial charge in [-0.2, -0.15) is 5.10 Å². The number of rotatable bonds is 5. The fraction of sp³-hybridized carbons (Fsp3) is 0.545. The highest BCUT2D eigenvalue weighted by atomic mass is 35.5. The summed E-state index contributed by atoms with van der Waals surface area (Å²) in [6.07, 6.45) is 10.2. The van der Waals surface area contributed by atoms with Crippen molar-refractivity contribution in [2.45, 2.75) is 63.6 Å². The van der Waals surface area contributed by atoms with Gasteiger partial charge in [0, 0.05) is 25.3 Å². The Bertz CT molecular complexity index is 736. The van der Waals surface area contributed by atoms with Gasteiger partial charge in [-0.15, -0.1) is 12.4 Å². The molecule has 0 radical (unpaired) electrons. The minimum Gasteiger partial charge on any atom is -0.330 e. The number of hydrogen-bond donors (Lipinski definition) is 1. The van der Waals surface area contributed by atoms with Gasteiger partial charge in [-0.05, 0) is 43.9 Å². The summed E-state index contributed by atoms with van der Waals surface area (Å²) in [6.45, 7) is 2.68. The van der Waals surface area contributed by atoms with E-state index in [4.69, 9.17) is 0 Å². The number of aromatic nitrogens is 2. The molecule has 152 valence electrons. The molecule has 0 spiro atoms. The number of benzene rings is 1. The molecule has 1 aromatic heterocycles. The van der Waals surface area contributed by atoms with Crippen LogP contribution in [0.1, 0.15) is 67.0 Å². The molecule has 1 N–H and O–H groups in total. The lowest BCUT2D eigenvalue weighted by Crippen LogP contribution is -2.41. The molecule has 2 heterocycles. The van der Waals surface area contributed by atoms with E-state index in [1.807, 2.05) is 35.1 Å². The Morgan fingerprint density at radius 1 is 1.07 bits per heavy atom. The standard InChI is InChI=1S/C22H30N4O.ClH/c27-22(21-13-15-26(24-21)20-12-7-14-23-16-20)25(19-10-5-2-6-11-19)17-18-8-3-1-4-9-18;/h1,3-4,8-9,13,15,19-20,23H,2,5-7,10-12,14,16-17H2;1H. The van der Waals surface area contributed by atoms with Gasteiger partial charge in [-0.25, -0.2) is 0 Å². The first-order valence-electron chi connectivity index (χ1n) is 10.4. The molecule has 1 aromatic carbocycles. The van der Waals surface area contributed by atoms with Gasteiger partial charge in [-0.1, -0.05) is 49.6 Å². The van der Waals surface area contributed by atoms with Gasteiger partial charge in [0.25, 0.3) is 5.91 Å². The van der Waals surface area contributed by atoms with E-state index in [1.54, 1.807) is 0 Å². The molecule has 1 atom stereocenters. The van der Waals surface area contributed by atoms with Gasteiger partial charge in [0.1, 0.15) is 5.69 Å². The van der Waals surface area contributed by atoms with E-state index in [1.165, 1.54) is 24.8 Å². The van der Waals surface area contributed by atoms with E-state index < -0.39 is 0 Å². The fourth-order valence-electron chi connectivity index (χ4n) is 4.40. The van der Waals surface area contributed by atoms with Crippen LogP contribution < -0.4 is 5.32 Å². The average molecular weight is 403 g/mol. The topological polar surface area (TPSA) is 50.2 Å². The molecular formula is C22H31ClN4O. The van der Waals surface area contributed by atoms with Gasteiger partial charge >= 0.3 is 0 Å². The molecule has 6 heteroatoms. The summed E-state index contributed by atoms with van der Waals surface area (Å²) in [5.41, 5.74) is 1.77. The molecule has 2 aliphatic rings. The largest absolute Gasteiger partial charge is 0.330 e. The monoisotopic (exact) mass is 402 g/mol.